The van der Waals surface area contributed by atoms with Gasteiger partial charge in [-0.2, -0.15) is 5.10 Å². The smallest absolute Gasteiger partial charge is 0.261 e. The highest BCUT2D eigenvalue weighted by atomic mass is 32.2. The molecule has 2 aromatic heterocycles. The molecule has 1 aliphatic rings. The van der Waals surface area contributed by atoms with Crippen LogP contribution in [0.15, 0.2) is 65.6 Å². The summed E-state index contributed by atoms with van der Waals surface area (Å²) in [5, 5.41) is 8.95. The fourth-order valence-electron chi connectivity index (χ4n) is 3.62. The Kier molecular flexibility index (Phi) is 4.45. The van der Waals surface area contributed by atoms with Crippen molar-refractivity contribution in [3.05, 3.63) is 76.8 Å². The second kappa shape index (κ2) is 7.11. The lowest BCUT2D eigenvalue weighted by molar-refractivity contribution is 0.0939. The average molecular weight is 406 g/mol. The summed E-state index contributed by atoms with van der Waals surface area (Å²) in [7, 11) is 0. The fraction of sp³-hybridized carbons (Fsp3) is 0.182. The van der Waals surface area contributed by atoms with Crippen molar-refractivity contribution in [3.8, 4) is 5.69 Å². The molecule has 1 amide bonds. The van der Waals surface area contributed by atoms with Crippen molar-refractivity contribution in [2.75, 3.05) is 5.75 Å². The average Bonchev–Trinajstić information content (AvgIpc) is 3.30. The normalized spacial score (nSPS) is 16.1. The number of thioether (sulfide) groups is 1. The van der Waals surface area contributed by atoms with Crippen LogP contribution in [0.25, 0.3) is 15.9 Å². The first kappa shape index (κ1) is 17.5. The Balaban J connectivity index is 1.47. The highest BCUT2D eigenvalue weighted by Crippen LogP contribution is 2.36. The van der Waals surface area contributed by atoms with Gasteiger partial charge in [0.25, 0.3) is 5.91 Å². The maximum Gasteiger partial charge on any atom is 0.261 e. The SMILES string of the molecule is Cc1nn(-c2ccccc2)c2sc(C(=O)NC3CCSc4ccccc43)cc12. The number of aryl methyl sites for hydroxylation is 1. The number of thiophene rings is 1. The lowest BCUT2D eigenvalue weighted by Gasteiger charge is -2.25. The Bertz CT molecular complexity index is 1160. The zero-order valence-corrected chi connectivity index (χ0v) is 17.0. The van der Waals surface area contributed by atoms with Crippen molar-refractivity contribution in [1.29, 1.82) is 0 Å². The molecule has 1 atom stereocenters. The lowest BCUT2D eigenvalue weighted by atomic mass is 10.0. The molecule has 1 aliphatic heterocycles. The maximum atomic E-state index is 13.0. The van der Waals surface area contributed by atoms with E-state index in [1.54, 1.807) is 0 Å². The summed E-state index contributed by atoms with van der Waals surface area (Å²) >= 11 is 3.36. The zero-order chi connectivity index (χ0) is 19.1. The number of hydrogen-bond acceptors (Lipinski definition) is 4. The summed E-state index contributed by atoms with van der Waals surface area (Å²) in [4.78, 5) is 16.0. The van der Waals surface area contributed by atoms with Gasteiger partial charge in [-0.25, -0.2) is 4.68 Å². The third-order valence-corrected chi connectivity index (χ3v) is 7.27. The summed E-state index contributed by atoms with van der Waals surface area (Å²) in [6.07, 6.45) is 0.954. The predicted molar refractivity (Wildman–Crippen MR) is 116 cm³/mol. The number of para-hydroxylation sites is 1. The predicted octanol–water partition coefficient (Wildman–Crippen LogP) is 5.36. The van der Waals surface area contributed by atoms with E-state index in [1.807, 2.05) is 65.8 Å². The Morgan fingerprint density at radius 1 is 1.14 bits per heavy atom. The molecule has 0 aliphatic carbocycles. The van der Waals surface area contributed by atoms with Crippen LogP contribution in [0.4, 0.5) is 0 Å². The van der Waals surface area contributed by atoms with Crippen molar-refractivity contribution < 1.29 is 4.79 Å². The molecule has 2 aromatic carbocycles. The fourth-order valence-corrected chi connectivity index (χ4v) is 5.84. The first-order chi connectivity index (χ1) is 13.7. The van der Waals surface area contributed by atoms with E-state index < -0.39 is 0 Å². The van der Waals surface area contributed by atoms with Gasteiger partial charge in [0.15, 0.2) is 0 Å². The molecule has 5 rings (SSSR count). The topological polar surface area (TPSA) is 46.9 Å². The Hall–Kier alpha value is -2.57. The van der Waals surface area contributed by atoms with Crippen LogP contribution < -0.4 is 5.32 Å². The summed E-state index contributed by atoms with van der Waals surface area (Å²) < 4.78 is 1.93. The van der Waals surface area contributed by atoms with Crippen molar-refractivity contribution in [1.82, 2.24) is 15.1 Å². The molecule has 0 fully saturated rings. The van der Waals surface area contributed by atoms with E-state index in [4.69, 9.17) is 0 Å². The molecule has 28 heavy (non-hydrogen) atoms. The lowest BCUT2D eigenvalue weighted by Crippen LogP contribution is -2.30. The molecule has 0 saturated heterocycles. The monoisotopic (exact) mass is 405 g/mol. The molecule has 4 aromatic rings. The summed E-state index contributed by atoms with van der Waals surface area (Å²) in [5.41, 5.74) is 3.17. The number of benzene rings is 2. The quantitative estimate of drug-likeness (QED) is 0.499. The van der Waals surface area contributed by atoms with Crippen molar-refractivity contribution in [2.24, 2.45) is 0 Å². The van der Waals surface area contributed by atoms with Crippen molar-refractivity contribution in [2.45, 2.75) is 24.3 Å². The van der Waals surface area contributed by atoms with Crippen molar-refractivity contribution in [3.63, 3.8) is 0 Å². The highest BCUT2D eigenvalue weighted by molar-refractivity contribution is 7.99. The number of aromatic nitrogens is 2. The van der Waals surface area contributed by atoms with E-state index in [0.29, 0.717) is 0 Å². The zero-order valence-electron chi connectivity index (χ0n) is 15.4. The van der Waals surface area contributed by atoms with Gasteiger partial charge in [-0.05, 0) is 43.2 Å². The number of nitrogens with one attached hydrogen (secondary N) is 1. The van der Waals surface area contributed by atoms with Crippen LogP contribution in [0, 0.1) is 6.92 Å². The Labute approximate surface area is 171 Å². The van der Waals surface area contributed by atoms with E-state index in [-0.39, 0.29) is 11.9 Å². The van der Waals surface area contributed by atoms with Gasteiger partial charge in [0.2, 0.25) is 0 Å². The van der Waals surface area contributed by atoms with E-state index in [0.717, 1.165) is 38.6 Å². The standard InChI is InChI=1S/C22H19N3OS2/c1-14-17-13-20(28-22(17)25(24-14)15-7-3-2-4-8-15)21(26)23-18-11-12-27-19-10-6-5-9-16(18)19/h2-10,13,18H,11-12H2,1H3,(H,23,26). The van der Waals surface area contributed by atoms with E-state index >= 15 is 0 Å². The van der Waals surface area contributed by atoms with E-state index in [2.05, 4.69) is 28.6 Å². The molecule has 3 heterocycles. The van der Waals surface area contributed by atoms with Gasteiger partial charge in [0.05, 0.1) is 22.3 Å². The Morgan fingerprint density at radius 2 is 1.93 bits per heavy atom. The van der Waals surface area contributed by atoms with Gasteiger partial charge in [-0.15, -0.1) is 23.1 Å². The van der Waals surface area contributed by atoms with Gasteiger partial charge in [0, 0.05) is 16.0 Å². The largest absolute Gasteiger partial charge is 0.344 e. The summed E-state index contributed by atoms with van der Waals surface area (Å²) in [6, 6.07) is 20.4. The van der Waals surface area contributed by atoms with E-state index in [9.17, 15) is 4.79 Å². The number of amides is 1. The molecule has 1 N–H and O–H groups in total. The molecule has 0 bridgehead atoms. The van der Waals surface area contributed by atoms with Gasteiger partial charge in [-0.3, -0.25) is 4.79 Å². The number of rotatable bonds is 3. The minimum absolute atomic E-state index is 0.00749. The Morgan fingerprint density at radius 3 is 2.79 bits per heavy atom. The molecule has 4 nitrogen and oxygen atoms in total. The molecule has 140 valence electrons. The van der Waals surface area contributed by atoms with Crippen LogP contribution in [0.1, 0.15) is 33.4 Å². The van der Waals surface area contributed by atoms with E-state index in [1.165, 1.54) is 21.8 Å². The first-order valence-electron chi connectivity index (χ1n) is 9.28. The van der Waals surface area contributed by atoms with Crippen LogP contribution >= 0.6 is 23.1 Å². The highest BCUT2D eigenvalue weighted by Gasteiger charge is 2.24. The number of carbonyl (C=O) groups excluding carboxylic acids is 1. The van der Waals surface area contributed by atoms with Gasteiger partial charge in [0.1, 0.15) is 4.83 Å². The van der Waals surface area contributed by atoms with Gasteiger partial charge in [-0.1, -0.05) is 36.4 Å². The second-order valence-corrected chi connectivity index (χ2v) is 9.03. The third kappa shape index (κ3) is 3.02. The van der Waals surface area contributed by atoms with Crippen LogP contribution in [0.5, 0.6) is 0 Å². The number of hydrogen-bond donors (Lipinski definition) is 1. The maximum absolute atomic E-state index is 13.0. The molecule has 1 unspecified atom stereocenters. The number of carbonyl (C=O) groups is 1. The van der Waals surface area contributed by atoms with Crippen LogP contribution in [0.2, 0.25) is 0 Å². The summed E-state index contributed by atoms with van der Waals surface area (Å²) in [5.74, 6) is 1.02. The van der Waals surface area contributed by atoms with Crippen LogP contribution in [-0.4, -0.2) is 21.4 Å². The minimum atomic E-state index is -0.00749. The molecular formula is C22H19N3OS2. The second-order valence-electron chi connectivity index (χ2n) is 6.86. The third-order valence-electron chi connectivity index (χ3n) is 5.03. The number of nitrogens with zero attached hydrogens (tertiary/aromatic N) is 2. The molecule has 0 spiro atoms. The molecular weight excluding hydrogens is 386 g/mol. The molecule has 0 radical (unpaired) electrons. The molecule has 6 heteroatoms. The first-order valence-corrected chi connectivity index (χ1v) is 11.1. The number of fused-ring (bicyclic) bond motifs is 2. The van der Waals surface area contributed by atoms with Gasteiger partial charge < -0.3 is 5.32 Å². The van der Waals surface area contributed by atoms with Crippen molar-refractivity contribution >= 4 is 39.2 Å². The minimum Gasteiger partial charge on any atom is -0.344 e. The molecule has 0 saturated carbocycles. The van der Waals surface area contributed by atoms with Gasteiger partial charge >= 0.3 is 0 Å². The summed E-state index contributed by atoms with van der Waals surface area (Å²) in [6.45, 7) is 1.99. The van der Waals surface area contributed by atoms with Crippen LogP contribution in [-0.2, 0) is 0 Å². The van der Waals surface area contributed by atoms with Crippen LogP contribution in [0.3, 0.4) is 0 Å².